The van der Waals surface area contributed by atoms with Gasteiger partial charge in [0.25, 0.3) is 0 Å². The summed E-state index contributed by atoms with van der Waals surface area (Å²) in [5, 5.41) is 0. The van der Waals surface area contributed by atoms with Gasteiger partial charge in [0.05, 0.1) is 20.3 Å². The van der Waals surface area contributed by atoms with E-state index < -0.39 is 0 Å². The van der Waals surface area contributed by atoms with Crippen LogP contribution in [0.15, 0.2) is 30.3 Å². The van der Waals surface area contributed by atoms with Gasteiger partial charge in [0.2, 0.25) is 0 Å². The minimum absolute atomic E-state index is 0.0210. The van der Waals surface area contributed by atoms with Gasteiger partial charge in [-0.1, -0.05) is 6.07 Å². The summed E-state index contributed by atoms with van der Waals surface area (Å²) in [6.07, 6.45) is 2.29. The number of methoxy groups -OCH3 is 1. The third-order valence-corrected chi connectivity index (χ3v) is 5.72. The Morgan fingerprint density at radius 2 is 2.00 bits per heavy atom. The van der Waals surface area contributed by atoms with Crippen LogP contribution in [0.4, 0.5) is 0 Å². The maximum Gasteiger partial charge on any atom is 0.166 e. The van der Waals surface area contributed by atoms with Crippen LogP contribution in [0, 0.1) is 0 Å². The Bertz CT molecular complexity index is 875. The smallest absolute Gasteiger partial charge is 0.166 e. The fraction of sp³-hybridized carbons (Fsp3) is 0.435. The van der Waals surface area contributed by atoms with Crippen LogP contribution in [0.1, 0.15) is 46.4 Å². The molecule has 4 rings (SSSR count). The Hall–Kier alpha value is -2.53. The van der Waals surface area contributed by atoms with E-state index in [0.717, 1.165) is 42.2 Å². The van der Waals surface area contributed by atoms with E-state index in [-0.39, 0.29) is 11.8 Å². The third-order valence-electron chi connectivity index (χ3n) is 5.72. The van der Waals surface area contributed by atoms with Gasteiger partial charge in [-0.2, -0.15) is 0 Å². The Labute approximate surface area is 166 Å². The van der Waals surface area contributed by atoms with Crippen molar-refractivity contribution in [3.63, 3.8) is 0 Å². The normalized spacial score (nSPS) is 18.2. The topological polar surface area (TPSA) is 48.0 Å². The molecule has 2 aromatic carbocycles. The molecule has 0 aliphatic carbocycles. The van der Waals surface area contributed by atoms with Crippen molar-refractivity contribution in [3.8, 4) is 17.2 Å². The highest BCUT2D eigenvalue weighted by Gasteiger charge is 2.34. The van der Waals surface area contributed by atoms with E-state index in [0.29, 0.717) is 25.2 Å². The SMILES string of the molecule is CCOc1ccc(C(=O)CC2c3c(cc4c(c3OC)OCC4)CCN2C)cc1. The van der Waals surface area contributed by atoms with Gasteiger partial charge in [-0.05, 0) is 50.2 Å². The molecule has 0 saturated heterocycles. The highest BCUT2D eigenvalue weighted by molar-refractivity contribution is 5.96. The molecular formula is C23H27NO4. The molecule has 0 radical (unpaired) electrons. The first kappa shape index (κ1) is 18.8. The van der Waals surface area contributed by atoms with Crippen LogP contribution in [-0.2, 0) is 12.8 Å². The van der Waals surface area contributed by atoms with E-state index in [4.69, 9.17) is 14.2 Å². The van der Waals surface area contributed by atoms with Crippen molar-refractivity contribution in [2.24, 2.45) is 0 Å². The highest BCUT2D eigenvalue weighted by Crippen LogP contribution is 2.47. The Balaban J connectivity index is 1.64. The lowest BCUT2D eigenvalue weighted by Gasteiger charge is -2.36. The Morgan fingerprint density at radius 1 is 1.21 bits per heavy atom. The van der Waals surface area contributed by atoms with Gasteiger partial charge in [-0.25, -0.2) is 0 Å². The van der Waals surface area contributed by atoms with Crippen LogP contribution in [0.3, 0.4) is 0 Å². The van der Waals surface area contributed by atoms with E-state index in [1.165, 1.54) is 11.1 Å². The number of hydrogen-bond acceptors (Lipinski definition) is 5. The summed E-state index contributed by atoms with van der Waals surface area (Å²) in [6, 6.07) is 9.64. The van der Waals surface area contributed by atoms with Crippen LogP contribution in [-0.4, -0.2) is 44.6 Å². The number of Topliss-reactive ketones (excluding diaryl/α,β-unsaturated/α-hetero) is 1. The molecule has 0 saturated carbocycles. The molecular weight excluding hydrogens is 354 g/mol. The molecule has 28 heavy (non-hydrogen) atoms. The summed E-state index contributed by atoms with van der Waals surface area (Å²) in [5.41, 5.74) is 4.32. The summed E-state index contributed by atoms with van der Waals surface area (Å²) in [7, 11) is 3.77. The van der Waals surface area contributed by atoms with Gasteiger partial charge in [-0.15, -0.1) is 0 Å². The first-order valence-electron chi connectivity index (χ1n) is 9.94. The molecule has 2 aliphatic rings. The zero-order valence-electron chi connectivity index (χ0n) is 16.8. The summed E-state index contributed by atoms with van der Waals surface area (Å²) in [6.45, 7) is 4.18. The van der Waals surface area contributed by atoms with Crippen LogP contribution >= 0.6 is 0 Å². The number of nitrogens with zero attached hydrogens (tertiary/aromatic N) is 1. The van der Waals surface area contributed by atoms with Crippen LogP contribution in [0.25, 0.3) is 0 Å². The lowest BCUT2D eigenvalue weighted by molar-refractivity contribution is 0.0925. The standard InChI is InChI=1S/C23H27NO4/c1-4-27-18-7-5-15(6-8-18)20(25)14-19-21-16(9-11-24(19)2)13-17-10-12-28-22(17)23(21)26-3/h5-8,13,19H,4,9-12,14H2,1-3H3. The molecule has 1 atom stereocenters. The summed E-state index contributed by atoms with van der Waals surface area (Å²) >= 11 is 0. The molecule has 0 amide bonds. The molecule has 0 bridgehead atoms. The Kier molecular flexibility index (Phi) is 5.27. The van der Waals surface area contributed by atoms with E-state index in [1.54, 1.807) is 7.11 Å². The monoisotopic (exact) mass is 381 g/mol. The molecule has 148 valence electrons. The first-order chi connectivity index (χ1) is 13.6. The first-order valence-corrected chi connectivity index (χ1v) is 9.94. The van der Waals surface area contributed by atoms with Crippen molar-refractivity contribution >= 4 is 5.78 Å². The highest BCUT2D eigenvalue weighted by atomic mass is 16.5. The van der Waals surface area contributed by atoms with Gasteiger partial charge in [0.1, 0.15) is 5.75 Å². The minimum atomic E-state index is -0.0210. The molecule has 2 heterocycles. The van der Waals surface area contributed by atoms with E-state index in [1.807, 2.05) is 31.2 Å². The predicted octanol–water partition coefficient (Wildman–Crippen LogP) is 3.83. The third kappa shape index (κ3) is 3.35. The zero-order valence-corrected chi connectivity index (χ0v) is 16.8. The summed E-state index contributed by atoms with van der Waals surface area (Å²) in [4.78, 5) is 15.3. The molecule has 2 aliphatic heterocycles. The minimum Gasteiger partial charge on any atom is -0.494 e. The molecule has 2 aromatic rings. The maximum absolute atomic E-state index is 13.0. The molecule has 0 spiro atoms. The number of carbonyl (C=O) groups excluding carboxylic acids is 1. The van der Waals surface area contributed by atoms with Gasteiger partial charge >= 0.3 is 0 Å². The van der Waals surface area contributed by atoms with Crippen molar-refractivity contribution in [2.45, 2.75) is 32.2 Å². The van der Waals surface area contributed by atoms with Crippen molar-refractivity contribution in [2.75, 3.05) is 33.9 Å². The number of ether oxygens (including phenoxy) is 3. The van der Waals surface area contributed by atoms with Crippen LogP contribution < -0.4 is 14.2 Å². The van der Waals surface area contributed by atoms with Crippen molar-refractivity contribution in [1.29, 1.82) is 0 Å². The summed E-state index contributed by atoms with van der Waals surface area (Å²) in [5.74, 6) is 2.57. The quantitative estimate of drug-likeness (QED) is 0.712. The number of fused-ring (bicyclic) bond motifs is 2. The predicted molar refractivity (Wildman–Crippen MR) is 108 cm³/mol. The number of rotatable bonds is 6. The second kappa shape index (κ2) is 7.84. The van der Waals surface area contributed by atoms with Crippen molar-refractivity contribution in [3.05, 3.63) is 52.6 Å². The molecule has 1 unspecified atom stereocenters. The molecule has 0 N–H and O–H groups in total. The lowest BCUT2D eigenvalue weighted by Crippen LogP contribution is -2.34. The average Bonchev–Trinajstić information content (AvgIpc) is 3.17. The van der Waals surface area contributed by atoms with Gasteiger partial charge in [-0.3, -0.25) is 9.69 Å². The summed E-state index contributed by atoms with van der Waals surface area (Å²) < 4.78 is 17.1. The molecule has 0 fully saturated rings. The van der Waals surface area contributed by atoms with E-state index in [2.05, 4.69) is 18.0 Å². The number of hydrogen-bond donors (Lipinski definition) is 0. The fourth-order valence-corrected chi connectivity index (χ4v) is 4.28. The van der Waals surface area contributed by atoms with E-state index in [9.17, 15) is 4.79 Å². The number of ketones is 1. The van der Waals surface area contributed by atoms with Gasteiger partial charge < -0.3 is 14.2 Å². The zero-order chi connectivity index (χ0) is 19.7. The Morgan fingerprint density at radius 3 is 2.71 bits per heavy atom. The number of likely N-dealkylation sites (N-methyl/N-ethyl adjacent to an activating group) is 1. The average molecular weight is 381 g/mol. The van der Waals surface area contributed by atoms with Gasteiger partial charge in [0.15, 0.2) is 17.3 Å². The number of benzene rings is 2. The number of carbonyl (C=O) groups is 1. The second-order valence-electron chi connectivity index (χ2n) is 7.40. The van der Waals surface area contributed by atoms with Gasteiger partial charge in [0, 0.05) is 42.1 Å². The largest absolute Gasteiger partial charge is 0.494 e. The van der Waals surface area contributed by atoms with E-state index >= 15 is 0 Å². The fourth-order valence-electron chi connectivity index (χ4n) is 4.28. The molecule has 5 heteroatoms. The molecule has 0 aromatic heterocycles. The van der Waals surface area contributed by atoms with Crippen molar-refractivity contribution < 1.29 is 19.0 Å². The van der Waals surface area contributed by atoms with Crippen molar-refractivity contribution in [1.82, 2.24) is 4.90 Å². The van der Waals surface area contributed by atoms with Crippen LogP contribution in [0.2, 0.25) is 0 Å². The lowest BCUT2D eigenvalue weighted by atomic mass is 9.86. The maximum atomic E-state index is 13.0. The van der Waals surface area contributed by atoms with Crippen LogP contribution in [0.5, 0.6) is 17.2 Å². The molecule has 5 nitrogen and oxygen atoms in total. The second-order valence-corrected chi connectivity index (χ2v) is 7.40.